The fourth-order valence-corrected chi connectivity index (χ4v) is 2.56. The number of nitrogens with zero attached hydrogens (tertiary/aromatic N) is 3. The second-order valence-electron chi connectivity index (χ2n) is 5.33. The van der Waals surface area contributed by atoms with Crippen LogP contribution in [0.1, 0.15) is 19.4 Å². The molecule has 0 bridgehead atoms. The van der Waals surface area contributed by atoms with Gasteiger partial charge in [-0.25, -0.2) is 14.8 Å². The highest BCUT2D eigenvalue weighted by Gasteiger charge is 2.07. The summed E-state index contributed by atoms with van der Waals surface area (Å²) in [6.45, 7) is 6.00. The van der Waals surface area contributed by atoms with Gasteiger partial charge in [-0.05, 0) is 44.2 Å². The Kier molecular flexibility index (Phi) is 4.70. The number of hydrogen-bond acceptors (Lipinski definition) is 5. The lowest BCUT2D eigenvalue weighted by Gasteiger charge is -2.20. The van der Waals surface area contributed by atoms with Gasteiger partial charge in [0.05, 0.1) is 5.56 Å². The van der Waals surface area contributed by atoms with E-state index in [1.54, 1.807) is 18.3 Å². The van der Waals surface area contributed by atoms with Crippen LogP contribution in [0.15, 0.2) is 62.9 Å². The molecule has 5 heteroatoms. The Bertz CT molecular complexity index is 913. The van der Waals surface area contributed by atoms with E-state index in [-0.39, 0.29) is 0 Å². The van der Waals surface area contributed by atoms with E-state index < -0.39 is 5.63 Å². The average molecular weight is 321 g/mol. The van der Waals surface area contributed by atoms with Crippen LogP contribution in [0.4, 0.5) is 11.5 Å². The molecule has 0 radical (unpaired) electrons. The maximum atomic E-state index is 12.2. The third-order valence-corrected chi connectivity index (χ3v) is 3.86. The van der Waals surface area contributed by atoms with Crippen molar-refractivity contribution in [3.63, 3.8) is 0 Å². The maximum Gasteiger partial charge on any atom is 0.345 e. The Balaban J connectivity index is 1.97. The minimum Gasteiger partial charge on any atom is -0.422 e. The summed E-state index contributed by atoms with van der Waals surface area (Å²) in [5.74, 6) is 0.550. The third-order valence-electron chi connectivity index (χ3n) is 3.86. The van der Waals surface area contributed by atoms with Crippen molar-refractivity contribution in [1.82, 2.24) is 4.98 Å². The molecule has 3 aromatic rings. The highest BCUT2D eigenvalue weighted by molar-refractivity contribution is 5.88. The van der Waals surface area contributed by atoms with Crippen molar-refractivity contribution in [3.8, 4) is 0 Å². The first-order valence-corrected chi connectivity index (χ1v) is 7.99. The van der Waals surface area contributed by atoms with Gasteiger partial charge in [-0.15, -0.1) is 0 Å². The molecule has 0 fully saturated rings. The Labute approximate surface area is 140 Å². The molecule has 2 aromatic heterocycles. The van der Waals surface area contributed by atoms with E-state index in [4.69, 9.17) is 4.42 Å². The van der Waals surface area contributed by atoms with Crippen LogP contribution in [-0.2, 0) is 0 Å². The zero-order chi connectivity index (χ0) is 16.9. The summed E-state index contributed by atoms with van der Waals surface area (Å²) in [5, 5.41) is 0.868. The topological polar surface area (TPSA) is 58.7 Å². The average Bonchev–Trinajstić information content (AvgIpc) is 2.62. The predicted octanol–water partition coefficient (Wildman–Crippen LogP) is 3.78. The van der Waals surface area contributed by atoms with Crippen molar-refractivity contribution in [2.45, 2.75) is 13.8 Å². The molecule has 24 heavy (non-hydrogen) atoms. The number of fused-ring (bicyclic) bond motifs is 1. The van der Waals surface area contributed by atoms with E-state index in [0.717, 1.165) is 24.2 Å². The molecular formula is C19H19N3O2. The van der Waals surface area contributed by atoms with Crippen LogP contribution in [0.25, 0.3) is 11.0 Å². The van der Waals surface area contributed by atoms with E-state index in [1.165, 1.54) is 6.21 Å². The molecule has 0 N–H and O–H groups in total. The normalized spacial score (nSPS) is 11.2. The number of pyridine rings is 1. The highest BCUT2D eigenvalue weighted by atomic mass is 16.4. The summed E-state index contributed by atoms with van der Waals surface area (Å²) in [7, 11) is 0. The van der Waals surface area contributed by atoms with Gasteiger partial charge in [0.15, 0.2) is 5.82 Å². The van der Waals surface area contributed by atoms with Gasteiger partial charge in [-0.3, -0.25) is 0 Å². The largest absolute Gasteiger partial charge is 0.422 e. The zero-order valence-electron chi connectivity index (χ0n) is 13.8. The van der Waals surface area contributed by atoms with Crippen molar-refractivity contribution in [1.29, 1.82) is 0 Å². The minimum absolute atomic E-state index is 0.404. The molecule has 0 aliphatic rings. The van der Waals surface area contributed by atoms with Crippen molar-refractivity contribution in [3.05, 3.63) is 64.6 Å². The molecule has 0 saturated carbocycles. The Hall–Kier alpha value is -2.95. The molecule has 2 heterocycles. The van der Waals surface area contributed by atoms with E-state index >= 15 is 0 Å². The summed E-state index contributed by atoms with van der Waals surface area (Å²) < 4.78 is 5.47. The van der Waals surface area contributed by atoms with Gasteiger partial charge in [0.2, 0.25) is 0 Å². The summed E-state index contributed by atoms with van der Waals surface area (Å²) in [6.07, 6.45) is 3.15. The SMILES string of the molecule is CCN(CC)c1ccc2cc(/C=N/c3ccccn3)c(=O)oc2c1. The van der Waals surface area contributed by atoms with Gasteiger partial charge >= 0.3 is 5.63 Å². The summed E-state index contributed by atoms with van der Waals surface area (Å²) in [4.78, 5) is 22.7. The number of aliphatic imine (C=N–C) groups is 1. The van der Waals surface area contributed by atoms with Gasteiger partial charge in [-0.2, -0.15) is 0 Å². The summed E-state index contributed by atoms with van der Waals surface area (Å²) >= 11 is 0. The van der Waals surface area contributed by atoms with Crippen LogP contribution in [0, 0.1) is 0 Å². The van der Waals surface area contributed by atoms with Crippen LogP contribution in [0.3, 0.4) is 0 Å². The zero-order valence-corrected chi connectivity index (χ0v) is 13.8. The van der Waals surface area contributed by atoms with Crippen LogP contribution < -0.4 is 10.5 Å². The summed E-state index contributed by atoms with van der Waals surface area (Å²) in [5.41, 5.74) is 1.63. The van der Waals surface area contributed by atoms with E-state index in [9.17, 15) is 4.79 Å². The van der Waals surface area contributed by atoms with Crippen LogP contribution in [0.5, 0.6) is 0 Å². The molecule has 0 atom stereocenters. The fraction of sp³-hybridized carbons (Fsp3) is 0.211. The standard InChI is InChI=1S/C19H19N3O2/c1-3-22(4-2)16-9-8-14-11-15(19(23)24-17(14)12-16)13-21-18-7-5-6-10-20-18/h5-13H,3-4H2,1-2H3/b21-13+. The highest BCUT2D eigenvalue weighted by Crippen LogP contribution is 2.21. The number of hydrogen-bond donors (Lipinski definition) is 0. The maximum absolute atomic E-state index is 12.2. The molecule has 3 rings (SSSR count). The molecule has 0 unspecified atom stereocenters. The third kappa shape index (κ3) is 3.35. The monoisotopic (exact) mass is 321 g/mol. The van der Waals surface area contributed by atoms with Gasteiger partial charge in [0.1, 0.15) is 5.58 Å². The number of anilines is 1. The first kappa shape index (κ1) is 15.9. The number of benzene rings is 1. The summed E-state index contributed by atoms with van der Waals surface area (Å²) in [6, 6.07) is 13.1. The van der Waals surface area contributed by atoms with Crippen molar-refractivity contribution < 1.29 is 4.42 Å². The molecular weight excluding hydrogens is 302 g/mol. The number of rotatable bonds is 5. The molecule has 0 aliphatic carbocycles. The van der Waals surface area contributed by atoms with Crippen LogP contribution in [-0.4, -0.2) is 24.3 Å². The molecule has 0 amide bonds. The Morgan fingerprint density at radius 1 is 1.17 bits per heavy atom. The quantitative estimate of drug-likeness (QED) is 0.530. The minimum atomic E-state index is -0.404. The first-order valence-electron chi connectivity index (χ1n) is 7.99. The molecule has 122 valence electrons. The smallest absolute Gasteiger partial charge is 0.345 e. The first-order chi connectivity index (χ1) is 11.7. The van der Waals surface area contributed by atoms with Gasteiger partial charge in [0, 0.05) is 42.6 Å². The van der Waals surface area contributed by atoms with E-state index in [0.29, 0.717) is 17.0 Å². The van der Waals surface area contributed by atoms with Crippen LogP contribution in [0.2, 0.25) is 0 Å². The number of aromatic nitrogens is 1. The molecule has 0 spiro atoms. The Morgan fingerprint density at radius 2 is 2.00 bits per heavy atom. The van der Waals surface area contributed by atoms with E-state index in [1.807, 2.05) is 30.3 Å². The van der Waals surface area contributed by atoms with Crippen LogP contribution >= 0.6 is 0 Å². The lowest BCUT2D eigenvalue weighted by Crippen LogP contribution is -2.21. The molecule has 0 aliphatic heterocycles. The van der Waals surface area contributed by atoms with E-state index in [2.05, 4.69) is 28.7 Å². The predicted molar refractivity (Wildman–Crippen MR) is 97.5 cm³/mol. The molecule has 0 saturated heterocycles. The van der Waals surface area contributed by atoms with Gasteiger partial charge in [0.25, 0.3) is 0 Å². The Morgan fingerprint density at radius 3 is 2.71 bits per heavy atom. The lowest BCUT2D eigenvalue weighted by atomic mass is 10.1. The van der Waals surface area contributed by atoms with Crippen molar-refractivity contribution in [2.24, 2.45) is 4.99 Å². The van der Waals surface area contributed by atoms with Gasteiger partial charge < -0.3 is 9.32 Å². The molecule has 5 nitrogen and oxygen atoms in total. The van der Waals surface area contributed by atoms with Crippen molar-refractivity contribution in [2.75, 3.05) is 18.0 Å². The van der Waals surface area contributed by atoms with Gasteiger partial charge in [-0.1, -0.05) is 6.07 Å². The van der Waals surface area contributed by atoms with Crippen molar-refractivity contribution >= 4 is 28.7 Å². The fourth-order valence-electron chi connectivity index (χ4n) is 2.56. The lowest BCUT2D eigenvalue weighted by molar-refractivity contribution is 0.559. The molecule has 1 aromatic carbocycles. The second-order valence-corrected chi connectivity index (χ2v) is 5.33. The second kappa shape index (κ2) is 7.08.